The summed E-state index contributed by atoms with van der Waals surface area (Å²) in [4.78, 5) is 20.6. The van der Waals surface area contributed by atoms with Crippen molar-refractivity contribution in [3.8, 4) is 0 Å². The third-order valence-electron chi connectivity index (χ3n) is 6.76. The lowest BCUT2D eigenvalue weighted by Crippen LogP contribution is -2.45. The Hall–Kier alpha value is -2.00. The predicted octanol–water partition coefficient (Wildman–Crippen LogP) is 2.72. The van der Waals surface area contributed by atoms with Gasteiger partial charge in [0.15, 0.2) is 5.11 Å². The SMILES string of the molecule is Cc1ccc2cc(CN(CC3CCCO3)C(=S)NCCCN3CCOCC3)c(=O)[nH]c2c1C. The van der Waals surface area contributed by atoms with Crippen molar-refractivity contribution >= 4 is 28.2 Å². The highest BCUT2D eigenvalue weighted by molar-refractivity contribution is 7.80. The van der Waals surface area contributed by atoms with Gasteiger partial charge in [-0.3, -0.25) is 9.69 Å². The molecular formula is C25H36N4O3S. The third kappa shape index (κ3) is 6.32. The number of aromatic nitrogens is 1. The van der Waals surface area contributed by atoms with Gasteiger partial charge in [-0.2, -0.15) is 0 Å². The van der Waals surface area contributed by atoms with Crippen molar-refractivity contribution in [1.29, 1.82) is 0 Å². The first kappa shape index (κ1) is 24.1. The molecule has 7 nitrogen and oxygen atoms in total. The van der Waals surface area contributed by atoms with Gasteiger partial charge in [0.25, 0.3) is 5.56 Å². The molecule has 8 heteroatoms. The van der Waals surface area contributed by atoms with Crippen LogP contribution in [0.1, 0.15) is 36.0 Å². The maximum absolute atomic E-state index is 12.9. The molecule has 1 atom stereocenters. The number of nitrogens with one attached hydrogen (secondary N) is 2. The predicted molar refractivity (Wildman–Crippen MR) is 136 cm³/mol. The number of nitrogens with zero attached hydrogens (tertiary/aromatic N) is 2. The number of H-pyrrole nitrogens is 1. The number of benzene rings is 1. The van der Waals surface area contributed by atoms with Crippen molar-refractivity contribution < 1.29 is 9.47 Å². The summed E-state index contributed by atoms with van der Waals surface area (Å²) in [7, 11) is 0. The van der Waals surface area contributed by atoms with Gasteiger partial charge in [0.1, 0.15) is 0 Å². The Balaban J connectivity index is 1.42. The second-order valence-electron chi connectivity index (χ2n) is 9.15. The zero-order valence-corrected chi connectivity index (χ0v) is 20.6. The summed E-state index contributed by atoms with van der Waals surface area (Å²) in [6, 6.07) is 6.18. The minimum atomic E-state index is -0.0522. The highest BCUT2D eigenvalue weighted by Crippen LogP contribution is 2.20. The molecule has 1 aromatic heterocycles. The van der Waals surface area contributed by atoms with Crippen LogP contribution in [0.3, 0.4) is 0 Å². The summed E-state index contributed by atoms with van der Waals surface area (Å²) in [5, 5.41) is 5.16. The van der Waals surface area contributed by atoms with Gasteiger partial charge in [-0.15, -0.1) is 0 Å². The first-order valence-corrected chi connectivity index (χ1v) is 12.5. The number of aromatic amines is 1. The van der Waals surface area contributed by atoms with Crippen molar-refractivity contribution in [2.75, 3.05) is 52.5 Å². The molecule has 0 spiro atoms. The van der Waals surface area contributed by atoms with Crippen molar-refractivity contribution in [1.82, 2.24) is 20.1 Å². The number of pyridine rings is 1. The highest BCUT2D eigenvalue weighted by atomic mass is 32.1. The third-order valence-corrected chi connectivity index (χ3v) is 7.16. The maximum atomic E-state index is 12.9. The number of fused-ring (bicyclic) bond motifs is 1. The summed E-state index contributed by atoms with van der Waals surface area (Å²) in [6.45, 7) is 11.6. The molecule has 4 rings (SSSR count). The van der Waals surface area contributed by atoms with Gasteiger partial charge in [-0.05, 0) is 74.5 Å². The Morgan fingerprint density at radius 2 is 2.09 bits per heavy atom. The van der Waals surface area contributed by atoms with Gasteiger partial charge in [-0.1, -0.05) is 12.1 Å². The van der Waals surface area contributed by atoms with Crippen molar-refractivity contribution in [3.63, 3.8) is 0 Å². The zero-order chi connectivity index (χ0) is 23.2. The van der Waals surface area contributed by atoms with Crippen molar-refractivity contribution in [2.24, 2.45) is 0 Å². The quantitative estimate of drug-likeness (QED) is 0.452. The van der Waals surface area contributed by atoms with Crippen LogP contribution in [0.15, 0.2) is 23.0 Å². The number of thiocarbonyl (C=S) groups is 1. The number of morpholine rings is 1. The van der Waals surface area contributed by atoms with Crippen LogP contribution in [0.2, 0.25) is 0 Å². The summed E-state index contributed by atoms with van der Waals surface area (Å²) in [5.74, 6) is 0. The molecule has 0 radical (unpaired) electrons. The van der Waals surface area contributed by atoms with Crippen LogP contribution in [-0.2, 0) is 16.0 Å². The molecular weight excluding hydrogens is 436 g/mol. The van der Waals surface area contributed by atoms with E-state index in [-0.39, 0.29) is 11.7 Å². The maximum Gasteiger partial charge on any atom is 0.253 e. The highest BCUT2D eigenvalue weighted by Gasteiger charge is 2.22. The molecule has 2 aliphatic rings. The molecule has 1 aromatic carbocycles. The lowest BCUT2D eigenvalue weighted by Gasteiger charge is -2.29. The normalized spacial score (nSPS) is 19.2. The van der Waals surface area contributed by atoms with Gasteiger partial charge < -0.3 is 24.7 Å². The van der Waals surface area contributed by atoms with Gasteiger partial charge in [0, 0.05) is 38.3 Å². The molecule has 2 saturated heterocycles. The number of ether oxygens (including phenoxy) is 2. The fourth-order valence-corrected chi connectivity index (χ4v) is 4.82. The molecule has 2 aromatic rings. The van der Waals surface area contributed by atoms with E-state index in [1.807, 2.05) is 13.0 Å². The fraction of sp³-hybridized carbons (Fsp3) is 0.600. The van der Waals surface area contributed by atoms with Crippen LogP contribution >= 0.6 is 12.2 Å². The first-order valence-electron chi connectivity index (χ1n) is 12.1. The molecule has 1 unspecified atom stereocenters. The average molecular weight is 473 g/mol. The summed E-state index contributed by atoms with van der Waals surface area (Å²) in [5.41, 5.74) is 3.88. The monoisotopic (exact) mass is 472 g/mol. The standard InChI is InChI=1S/C25H36N4O3S/c1-18-6-7-20-15-21(24(30)27-23(20)19(18)2)16-29(17-22-5-3-12-32-22)25(33)26-8-4-9-28-10-13-31-14-11-28/h6-7,15,22H,3-5,8-14,16-17H2,1-2H3,(H,26,33)(H,27,30). The smallest absolute Gasteiger partial charge is 0.253 e. The first-order chi connectivity index (χ1) is 16.0. The van der Waals surface area contributed by atoms with E-state index in [1.165, 1.54) is 5.56 Å². The molecule has 2 aliphatic heterocycles. The van der Waals surface area contributed by atoms with E-state index in [4.69, 9.17) is 21.7 Å². The Morgan fingerprint density at radius 3 is 2.85 bits per heavy atom. The van der Waals surface area contributed by atoms with Crippen LogP contribution in [-0.4, -0.2) is 78.5 Å². The Bertz CT molecular complexity index is 1010. The Kier molecular flexibility index (Phi) is 8.35. The summed E-state index contributed by atoms with van der Waals surface area (Å²) in [6.07, 6.45) is 3.28. The van der Waals surface area contributed by atoms with Gasteiger partial charge in [0.2, 0.25) is 0 Å². The van der Waals surface area contributed by atoms with Crippen molar-refractivity contribution in [3.05, 3.63) is 45.2 Å². The largest absolute Gasteiger partial charge is 0.379 e. The number of rotatable bonds is 8. The number of hydrogen-bond acceptors (Lipinski definition) is 5. The van der Waals surface area contributed by atoms with E-state index in [9.17, 15) is 4.79 Å². The van der Waals surface area contributed by atoms with E-state index in [0.717, 1.165) is 87.3 Å². The zero-order valence-electron chi connectivity index (χ0n) is 19.8. The summed E-state index contributed by atoms with van der Waals surface area (Å²) >= 11 is 5.77. The second kappa shape index (κ2) is 11.4. The van der Waals surface area contributed by atoms with Crippen LogP contribution in [0.5, 0.6) is 0 Å². The lowest BCUT2D eigenvalue weighted by molar-refractivity contribution is 0.0375. The minimum absolute atomic E-state index is 0.0522. The van der Waals surface area contributed by atoms with Crippen molar-refractivity contribution in [2.45, 2.75) is 45.8 Å². The molecule has 3 heterocycles. The van der Waals surface area contributed by atoms with Crippen LogP contribution in [0.4, 0.5) is 0 Å². The van der Waals surface area contributed by atoms with E-state index < -0.39 is 0 Å². The topological polar surface area (TPSA) is 69.8 Å². The molecule has 0 saturated carbocycles. The number of hydrogen-bond donors (Lipinski definition) is 2. The van der Waals surface area contributed by atoms with E-state index in [0.29, 0.717) is 18.2 Å². The van der Waals surface area contributed by atoms with Gasteiger partial charge in [0.05, 0.1) is 31.4 Å². The molecule has 0 amide bonds. The molecule has 33 heavy (non-hydrogen) atoms. The van der Waals surface area contributed by atoms with E-state index >= 15 is 0 Å². The van der Waals surface area contributed by atoms with Gasteiger partial charge in [-0.25, -0.2) is 0 Å². The average Bonchev–Trinajstić information content (AvgIpc) is 3.33. The molecule has 2 fully saturated rings. The van der Waals surface area contributed by atoms with E-state index in [1.54, 1.807) is 0 Å². The molecule has 2 N–H and O–H groups in total. The fourth-order valence-electron chi connectivity index (χ4n) is 4.58. The molecule has 0 aliphatic carbocycles. The van der Waals surface area contributed by atoms with Gasteiger partial charge >= 0.3 is 0 Å². The Morgan fingerprint density at radius 1 is 1.27 bits per heavy atom. The summed E-state index contributed by atoms with van der Waals surface area (Å²) < 4.78 is 11.3. The van der Waals surface area contributed by atoms with E-state index in [2.05, 4.69) is 39.2 Å². The number of aryl methyl sites for hydroxylation is 2. The Labute approximate surface area is 201 Å². The second-order valence-corrected chi connectivity index (χ2v) is 9.54. The molecule has 0 bridgehead atoms. The van der Waals surface area contributed by atoms with Crippen LogP contribution in [0, 0.1) is 13.8 Å². The van der Waals surface area contributed by atoms with Crippen LogP contribution in [0.25, 0.3) is 10.9 Å². The lowest BCUT2D eigenvalue weighted by atomic mass is 10.0. The van der Waals surface area contributed by atoms with Crippen LogP contribution < -0.4 is 10.9 Å². The minimum Gasteiger partial charge on any atom is -0.379 e. The molecule has 180 valence electrons.